The second-order valence-corrected chi connectivity index (χ2v) is 3.69. The van der Waals surface area contributed by atoms with Gasteiger partial charge in [-0.1, -0.05) is 11.6 Å². The molecule has 0 atom stereocenters. The van der Waals surface area contributed by atoms with Gasteiger partial charge in [0.25, 0.3) is 0 Å². The molecule has 1 aromatic carbocycles. The third kappa shape index (κ3) is 2.78. The zero-order chi connectivity index (χ0) is 13.1. The summed E-state index contributed by atoms with van der Waals surface area (Å²) in [7, 11) is 1.44. The first-order valence-corrected chi connectivity index (χ1v) is 5.28. The van der Waals surface area contributed by atoms with E-state index >= 15 is 0 Å². The minimum absolute atomic E-state index is 0.00239. The van der Waals surface area contributed by atoms with Gasteiger partial charge < -0.3 is 15.2 Å². The summed E-state index contributed by atoms with van der Waals surface area (Å²) in [6.07, 6.45) is 0. The first kappa shape index (κ1) is 12.4. The van der Waals surface area contributed by atoms with Gasteiger partial charge in [-0.25, -0.2) is 4.39 Å². The molecular weight excluding hydrogens is 261 g/mol. The van der Waals surface area contributed by atoms with Gasteiger partial charge in [0.1, 0.15) is 11.6 Å². The van der Waals surface area contributed by atoms with Crippen LogP contribution in [0, 0.1) is 5.82 Å². The second kappa shape index (κ2) is 5.05. The van der Waals surface area contributed by atoms with E-state index in [-0.39, 0.29) is 28.5 Å². The van der Waals surface area contributed by atoms with E-state index < -0.39 is 5.82 Å². The summed E-state index contributed by atoms with van der Waals surface area (Å²) in [6.45, 7) is 0. The molecule has 0 saturated heterocycles. The quantitative estimate of drug-likeness (QED) is 0.927. The second-order valence-electron chi connectivity index (χ2n) is 3.28. The Hall–Kier alpha value is -2.08. The Bertz CT molecular complexity index is 580. The lowest BCUT2D eigenvalue weighted by Gasteiger charge is -2.08. The van der Waals surface area contributed by atoms with Crippen molar-refractivity contribution in [2.75, 3.05) is 12.8 Å². The summed E-state index contributed by atoms with van der Waals surface area (Å²) >= 11 is 5.82. The van der Waals surface area contributed by atoms with Crippen LogP contribution in [0.25, 0.3) is 0 Å². The highest BCUT2D eigenvalue weighted by Crippen LogP contribution is 2.30. The minimum atomic E-state index is -0.452. The Labute approximate surface area is 107 Å². The maximum atomic E-state index is 12.9. The van der Waals surface area contributed by atoms with Crippen LogP contribution in [-0.4, -0.2) is 17.1 Å². The topological polar surface area (TPSA) is 70.3 Å². The van der Waals surface area contributed by atoms with Gasteiger partial charge in [-0.3, -0.25) is 0 Å². The smallest absolute Gasteiger partial charge is 0.227 e. The van der Waals surface area contributed by atoms with Crippen LogP contribution < -0.4 is 15.2 Å². The highest BCUT2D eigenvalue weighted by molar-refractivity contribution is 6.32. The van der Waals surface area contributed by atoms with Crippen molar-refractivity contribution in [3.63, 3.8) is 0 Å². The van der Waals surface area contributed by atoms with Crippen molar-refractivity contribution < 1.29 is 13.9 Å². The van der Waals surface area contributed by atoms with Gasteiger partial charge in [0.15, 0.2) is 0 Å². The van der Waals surface area contributed by atoms with Gasteiger partial charge in [0.2, 0.25) is 17.7 Å². The summed E-state index contributed by atoms with van der Waals surface area (Å²) in [5.41, 5.74) is 5.48. The van der Waals surface area contributed by atoms with Crippen LogP contribution in [0.15, 0.2) is 24.3 Å². The van der Waals surface area contributed by atoms with Crippen LogP contribution in [0.5, 0.6) is 17.5 Å². The molecule has 0 fully saturated rings. The van der Waals surface area contributed by atoms with Gasteiger partial charge >= 0.3 is 0 Å². The van der Waals surface area contributed by atoms with Gasteiger partial charge in [0.05, 0.1) is 18.2 Å². The first-order chi connectivity index (χ1) is 8.58. The van der Waals surface area contributed by atoms with Gasteiger partial charge in [-0.15, -0.1) is 0 Å². The number of ether oxygens (including phenoxy) is 2. The predicted molar refractivity (Wildman–Crippen MR) is 64.5 cm³/mol. The summed E-state index contributed by atoms with van der Waals surface area (Å²) in [5.74, 6) is 0.233. The lowest BCUT2D eigenvalue weighted by atomic mass is 10.3. The molecule has 18 heavy (non-hydrogen) atoms. The summed E-state index contributed by atoms with van der Waals surface area (Å²) in [6, 6.07) is 5.19. The van der Waals surface area contributed by atoms with E-state index in [1.807, 2.05) is 0 Å². The predicted octanol–water partition coefficient (Wildman–Crippen LogP) is 2.65. The monoisotopic (exact) mass is 269 g/mol. The molecule has 0 aliphatic heterocycles. The van der Waals surface area contributed by atoms with Crippen molar-refractivity contribution in [2.45, 2.75) is 0 Å². The third-order valence-electron chi connectivity index (χ3n) is 2.01. The lowest BCUT2D eigenvalue weighted by Crippen LogP contribution is -1.99. The molecule has 2 rings (SSSR count). The molecule has 0 aliphatic carbocycles. The van der Waals surface area contributed by atoms with Gasteiger partial charge in [-0.2, -0.15) is 9.97 Å². The standard InChI is InChI=1S/C11H9ClFN3O2/c1-17-9-5-10(16-11(14)15-9)18-8-3-2-6(13)4-7(8)12/h2-5H,1H3,(H2,14,15,16). The Morgan fingerprint density at radius 2 is 1.94 bits per heavy atom. The van der Waals surface area contributed by atoms with Gasteiger partial charge in [0, 0.05) is 0 Å². The largest absolute Gasteiger partial charge is 0.481 e. The number of hydrogen-bond donors (Lipinski definition) is 1. The molecule has 1 heterocycles. The van der Waals surface area contributed by atoms with Gasteiger partial charge in [-0.05, 0) is 18.2 Å². The molecule has 0 aliphatic rings. The Kier molecular flexibility index (Phi) is 3.47. The molecule has 0 unspecified atom stereocenters. The molecule has 2 aromatic rings. The number of methoxy groups -OCH3 is 1. The molecule has 0 radical (unpaired) electrons. The fraction of sp³-hybridized carbons (Fsp3) is 0.0909. The van der Waals surface area contributed by atoms with E-state index in [2.05, 4.69) is 9.97 Å². The highest BCUT2D eigenvalue weighted by atomic mass is 35.5. The molecule has 2 N–H and O–H groups in total. The van der Waals surface area contributed by atoms with Crippen molar-refractivity contribution in [3.8, 4) is 17.5 Å². The summed E-state index contributed by atoms with van der Waals surface area (Å²) < 4.78 is 23.2. The van der Waals surface area contributed by atoms with E-state index in [1.165, 1.54) is 25.3 Å². The average molecular weight is 270 g/mol. The van der Waals surface area contributed by atoms with Crippen molar-refractivity contribution >= 4 is 17.5 Å². The van der Waals surface area contributed by atoms with Crippen LogP contribution in [-0.2, 0) is 0 Å². The van der Waals surface area contributed by atoms with Crippen molar-refractivity contribution in [2.24, 2.45) is 0 Å². The van der Waals surface area contributed by atoms with E-state index in [1.54, 1.807) is 0 Å². The zero-order valence-electron chi connectivity index (χ0n) is 9.35. The summed E-state index contributed by atoms with van der Waals surface area (Å²) in [4.78, 5) is 7.65. The molecule has 0 amide bonds. The number of halogens is 2. The fourth-order valence-electron chi connectivity index (χ4n) is 1.25. The molecule has 0 spiro atoms. The third-order valence-corrected chi connectivity index (χ3v) is 2.31. The van der Waals surface area contributed by atoms with E-state index in [4.69, 9.17) is 26.8 Å². The normalized spacial score (nSPS) is 10.2. The van der Waals surface area contributed by atoms with E-state index in [0.717, 1.165) is 6.07 Å². The number of benzene rings is 1. The molecule has 0 saturated carbocycles. The molecule has 5 nitrogen and oxygen atoms in total. The Morgan fingerprint density at radius 3 is 2.61 bits per heavy atom. The molecular formula is C11H9ClFN3O2. The average Bonchev–Trinajstić information content (AvgIpc) is 2.32. The molecule has 7 heteroatoms. The molecule has 94 valence electrons. The van der Waals surface area contributed by atoms with Crippen molar-refractivity contribution in [1.82, 2.24) is 9.97 Å². The maximum absolute atomic E-state index is 12.9. The van der Waals surface area contributed by atoms with Crippen LogP contribution in [0.2, 0.25) is 5.02 Å². The fourth-order valence-corrected chi connectivity index (χ4v) is 1.45. The number of rotatable bonds is 3. The highest BCUT2D eigenvalue weighted by Gasteiger charge is 2.08. The zero-order valence-corrected chi connectivity index (χ0v) is 10.1. The van der Waals surface area contributed by atoms with E-state index in [0.29, 0.717) is 0 Å². The van der Waals surface area contributed by atoms with Crippen molar-refractivity contribution in [1.29, 1.82) is 0 Å². The first-order valence-electron chi connectivity index (χ1n) is 4.90. The van der Waals surface area contributed by atoms with Crippen LogP contribution in [0.1, 0.15) is 0 Å². The number of aromatic nitrogens is 2. The minimum Gasteiger partial charge on any atom is -0.481 e. The number of nitrogens with zero attached hydrogens (tertiary/aromatic N) is 2. The van der Waals surface area contributed by atoms with E-state index in [9.17, 15) is 4.39 Å². The lowest BCUT2D eigenvalue weighted by molar-refractivity contribution is 0.389. The van der Waals surface area contributed by atoms with Crippen LogP contribution >= 0.6 is 11.6 Å². The Balaban J connectivity index is 2.30. The van der Waals surface area contributed by atoms with Crippen LogP contribution in [0.3, 0.4) is 0 Å². The summed E-state index contributed by atoms with van der Waals surface area (Å²) in [5, 5.41) is 0.131. The number of nitrogens with two attached hydrogens (primary N) is 1. The SMILES string of the molecule is COc1cc(Oc2ccc(F)cc2Cl)nc(N)n1. The number of nitrogen functional groups attached to an aromatic ring is 1. The number of anilines is 1. The Morgan fingerprint density at radius 1 is 1.22 bits per heavy atom. The van der Waals surface area contributed by atoms with Crippen LogP contribution in [0.4, 0.5) is 10.3 Å². The molecule has 0 bridgehead atoms. The molecule has 1 aromatic heterocycles. The number of hydrogen-bond acceptors (Lipinski definition) is 5. The van der Waals surface area contributed by atoms with Crippen molar-refractivity contribution in [3.05, 3.63) is 35.1 Å². The maximum Gasteiger partial charge on any atom is 0.227 e.